The Kier molecular flexibility index (Phi) is 8.31. The summed E-state index contributed by atoms with van der Waals surface area (Å²) >= 11 is 0. The third-order valence-corrected chi connectivity index (χ3v) is 3.62. The molecule has 0 unspecified atom stereocenters. The fourth-order valence-electron chi connectivity index (χ4n) is 1.98. The number of hydrogen-bond acceptors (Lipinski definition) is 2. The Morgan fingerprint density at radius 1 is 1.00 bits per heavy atom. The van der Waals surface area contributed by atoms with Gasteiger partial charge in [0, 0.05) is 5.41 Å². The van der Waals surface area contributed by atoms with E-state index in [1.165, 1.54) is 32.1 Å². The highest BCUT2D eigenvalue weighted by molar-refractivity contribution is 5.82. The van der Waals surface area contributed by atoms with Crippen molar-refractivity contribution in [3.63, 3.8) is 0 Å². The number of carbonyl (C=O) groups is 1. The van der Waals surface area contributed by atoms with Gasteiger partial charge in [-0.2, -0.15) is 0 Å². The van der Waals surface area contributed by atoms with Crippen LogP contribution in [0.1, 0.15) is 79.6 Å². The van der Waals surface area contributed by atoms with Gasteiger partial charge in [0.15, 0.2) is 0 Å². The second-order valence-corrected chi connectivity index (χ2v) is 6.90. The van der Waals surface area contributed by atoms with Crippen molar-refractivity contribution in [2.75, 3.05) is 6.61 Å². The van der Waals surface area contributed by atoms with Gasteiger partial charge in [0.05, 0.1) is 12.1 Å². The Balaban J connectivity index is 3.99. The lowest BCUT2D eigenvalue weighted by atomic mass is 9.85. The maximum absolute atomic E-state index is 12.2. The monoisotopic (exact) mass is 271 g/mol. The van der Waals surface area contributed by atoms with Crippen molar-refractivity contribution < 1.29 is 9.90 Å². The predicted octanol–water partition coefficient (Wildman–Crippen LogP) is 3.65. The molecule has 0 atom stereocenters. The number of nitrogens with one attached hydrogen (secondary N) is 1. The molecule has 2 N–H and O–H groups in total. The van der Waals surface area contributed by atoms with Crippen molar-refractivity contribution in [1.82, 2.24) is 5.32 Å². The van der Waals surface area contributed by atoms with Gasteiger partial charge in [-0.3, -0.25) is 4.79 Å². The molecule has 114 valence electrons. The van der Waals surface area contributed by atoms with E-state index >= 15 is 0 Å². The molecule has 0 heterocycles. The molecule has 0 aromatic rings. The van der Waals surface area contributed by atoms with Gasteiger partial charge in [0.25, 0.3) is 0 Å². The van der Waals surface area contributed by atoms with Crippen molar-refractivity contribution in [2.45, 2.75) is 85.1 Å². The maximum Gasteiger partial charge on any atom is 0.226 e. The zero-order chi connectivity index (χ0) is 14.9. The summed E-state index contributed by atoms with van der Waals surface area (Å²) < 4.78 is 0. The van der Waals surface area contributed by atoms with Crippen LogP contribution in [0.3, 0.4) is 0 Å². The van der Waals surface area contributed by atoms with E-state index in [0.717, 1.165) is 12.8 Å². The Bertz CT molecular complexity index is 259. The zero-order valence-corrected chi connectivity index (χ0v) is 13.5. The van der Waals surface area contributed by atoms with Gasteiger partial charge < -0.3 is 10.4 Å². The molecule has 19 heavy (non-hydrogen) atoms. The highest BCUT2D eigenvalue weighted by atomic mass is 16.3. The quantitative estimate of drug-likeness (QED) is 0.596. The van der Waals surface area contributed by atoms with Crippen molar-refractivity contribution in [3.05, 3.63) is 0 Å². The second-order valence-electron chi connectivity index (χ2n) is 6.90. The third kappa shape index (κ3) is 8.25. The van der Waals surface area contributed by atoms with Gasteiger partial charge in [-0.1, -0.05) is 59.3 Å². The molecule has 0 rings (SSSR count). The lowest BCUT2D eigenvalue weighted by Gasteiger charge is -2.30. The van der Waals surface area contributed by atoms with Gasteiger partial charge >= 0.3 is 0 Å². The second kappa shape index (κ2) is 8.57. The van der Waals surface area contributed by atoms with E-state index < -0.39 is 5.54 Å². The van der Waals surface area contributed by atoms with Crippen LogP contribution in [0.25, 0.3) is 0 Å². The summed E-state index contributed by atoms with van der Waals surface area (Å²) in [6.07, 6.45) is 8.38. The first-order valence-electron chi connectivity index (χ1n) is 7.68. The van der Waals surface area contributed by atoms with Crippen LogP contribution in [0.4, 0.5) is 0 Å². The Morgan fingerprint density at radius 3 is 2.05 bits per heavy atom. The highest BCUT2D eigenvalue weighted by Gasteiger charge is 2.30. The van der Waals surface area contributed by atoms with E-state index in [1.807, 2.05) is 27.7 Å². The average molecular weight is 271 g/mol. The van der Waals surface area contributed by atoms with E-state index in [2.05, 4.69) is 12.2 Å². The number of unbranched alkanes of at least 4 members (excludes halogenated alkanes) is 5. The minimum Gasteiger partial charge on any atom is -0.394 e. The molecular weight excluding hydrogens is 238 g/mol. The van der Waals surface area contributed by atoms with Crippen molar-refractivity contribution >= 4 is 5.91 Å². The maximum atomic E-state index is 12.2. The molecule has 0 aromatic heterocycles. The molecule has 0 aliphatic heterocycles. The lowest BCUT2D eigenvalue weighted by Crippen LogP contribution is -2.51. The summed E-state index contributed by atoms with van der Waals surface area (Å²) in [6.45, 7) is 9.84. The van der Waals surface area contributed by atoms with Crippen LogP contribution in [0.15, 0.2) is 0 Å². The molecule has 0 aliphatic carbocycles. The molecule has 1 amide bonds. The summed E-state index contributed by atoms with van der Waals surface area (Å²) in [5.74, 6) is 0.0418. The molecule has 0 bridgehead atoms. The molecule has 0 radical (unpaired) electrons. The zero-order valence-electron chi connectivity index (χ0n) is 13.5. The fourth-order valence-corrected chi connectivity index (χ4v) is 1.98. The van der Waals surface area contributed by atoms with Crippen LogP contribution in [0.2, 0.25) is 0 Å². The molecule has 0 fully saturated rings. The smallest absolute Gasteiger partial charge is 0.226 e. The van der Waals surface area contributed by atoms with E-state index in [-0.39, 0.29) is 17.9 Å². The standard InChI is InChI=1S/C16H33NO2/c1-6-7-8-9-10-11-12-15(2,3)14(19)17-16(4,5)13-18/h18H,6-13H2,1-5H3,(H,17,19). The summed E-state index contributed by atoms with van der Waals surface area (Å²) in [5, 5.41) is 12.1. The first kappa shape index (κ1) is 18.4. The number of aliphatic hydroxyl groups excluding tert-OH is 1. The summed E-state index contributed by atoms with van der Waals surface area (Å²) in [7, 11) is 0. The van der Waals surface area contributed by atoms with E-state index in [1.54, 1.807) is 0 Å². The van der Waals surface area contributed by atoms with Crippen LogP contribution in [0, 0.1) is 5.41 Å². The van der Waals surface area contributed by atoms with Gasteiger partial charge in [0.2, 0.25) is 5.91 Å². The van der Waals surface area contributed by atoms with Crippen LogP contribution in [0.5, 0.6) is 0 Å². The minimum atomic E-state index is -0.532. The number of aliphatic hydroxyl groups is 1. The largest absolute Gasteiger partial charge is 0.394 e. The normalized spacial score (nSPS) is 12.5. The molecule has 0 spiro atoms. The van der Waals surface area contributed by atoms with Crippen LogP contribution < -0.4 is 5.32 Å². The predicted molar refractivity (Wildman–Crippen MR) is 81.1 cm³/mol. The Morgan fingerprint density at radius 2 is 1.53 bits per heavy atom. The topological polar surface area (TPSA) is 49.3 Å². The summed E-state index contributed by atoms with van der Waals surface area (Å²) in [6, 6.07) is 0. The Hall–Kier alpha value is -0.570. The van der Waals surface area contributed by atoms with Crippen molar-refractivity contribution in [2.24, 2.45) is 5.41 Å². The third-order valence-electron chi connectivity index (χ3n) is 3.62. The van der Waals surface area contributed by atoms with Gasteiger partial charge in [-0.05, 0) is 20.3 Å². The first-order chi connectivity index (χ1) is 8.75. The van der Waals surface area contributed by atoms with Gasteiger partial charge in [-0.15, -0.1) is 0 Å². The molecule has 0 saturated carbocycles. The number of hydrogen-bond donors (Lipinski definition) is 2. The number of carbonyl (C=O) groups excluding carboxylic acids is 1. The highest BCUT2D eigenvalue weighted by Crippen LogP contribution is 2.25. The van der Waals surface area contributed by atoms with Crippen molar-refractivity contribution in [1.29, 1.82) is 0 Å². The first-order valence-corrected chi connectivity index (χ1v) is 7.68. The molecular formula is C16H33NO2. The lowest BCUT2D eigenvalue weighted by molar-refractivity contribution is -0.132. The van der Waals surface area contributed by atoms with Crippen LogP contribution in [-0.2, 0) is 4.79 Å². The summed E-state index contributed by atoms with van der Waals surface area (Å²) in [5.41, 5.74) is -0.882. The van der Waals surface area contributed by atoms with E-state index in [0.29, 0.717) is 0 Å². The minimum absolute atomic E-state index is 0.0359. The van der Waals surface area contributed by atoms with Gasteiger partial charge in [-0.25, -0.2) is 0 Å². The number of rotatable bonds is 10. The molecule has 0 aliphatic rings. The fraction of sp³-hybridized carbons (Fsp3) is 0.938. The SMILES string of the molecule is CCCCCCCCC(C)(C)C(=O)NC(C)(C)CO. The molecule has 3 nitrogen and oxygen atoms in total. The molecule has 0 saturated heterocycles. The molecule has 3 heteroatoms. The molecule has 0 aromatic carbocycles. The average Bonchev–Trinajstić information content (AvgIpc) is 2.33. The van der Waals surface area contributed by atoms with Crippen molar-refractivity contribution in [3.8, 4) is 0 Å². The van der Waals surface area contributed by atoms with Gasteiger partial charge in [0.1, 0.15) is 0 Å². The van der Waals surface area contributed by atoms with E-state index in [4.69, 9.17) is 0 Å². The summed E-state index contributed by atoms with van der Waals surface area (Å²) in [4.78, 5) is 12.2. The Labute approximate surface area is 119 Å². The number of amides is 1. The van der Waals surface area contributed by atoms with Crippen LogP contribution in [-0.4, -0.2) is 23.2 Å². The van der Waals surface area contributed by atoms with E-state index in [9.17, 15) is 9.90 Å². The van der Waals surface area contributed by atoms with Crippen LogP contribution >= 0.6 is 0 Å².